The number of rotatable bonds is 2. The third kappa shape index (κ3) is 2.43. The summed E-state index contributed by atoms with van der Waals surface area (Å²) >= 11 is 0. The Hall–Kier alpha value is -1.91. The number of aromatic nitrogens is 1. The number of aliphatic carboxylic acids is 1. The van der Waals surface area contributed by atoms with Crippen molar-refractivity contribution in [2.75, 3.05) is 6.54 Å². The van der Waals surface area contributed by atoms with E-state index in [4.69, 9.17) is 5.11 Å². The molecule has 0 saturated carbocycles. The molecule has 0 bridgehead atoms. The van der Waals surface area contributed by atoms with Crippen molar-refractivity contribution in [3.05, 3.63) is 30.1 Å². The zero-order valence-electron chi connectivity index (χ0n) is 9.37. The van der Waals surface area contributed by atoms with Crippen LogP contribution in [0.3, 0.4) is 0 Å². The molecule has 1 aliphatic rings. The Kier molecular flexibility index (Phi) is 3.37. The van der Waals surface area contributed by atoms with E-state index in [0.717, 1.165) is 12.8 Å². The highest BCUT2D eigenvalue weighted by Gasteiger charge is 2.32. The van der Waals surface area contributed by atoms with E-state index in [2.05, 4.69) is 4.98 Å². The first-order valence-electron chi connectivity index (χ1n) is 5.64. The number of hydrogen-bond acceptors (Lipinski definition) is 3. The van der Waals surface area contributed by atoms with E-state index >= 15 is 0 Å². The number of hydrogen-bond donors (Lipinski definition) is 1. The lowest BCUT2D eigenvalue weighted by Gasteiger charge is -2.32. The minimum absolute atomic E-state index is 0.223. The molecule has 5 heteroatoms. The van der Waals surface area contributed by atoms with Gasteiger partial charge in [-0.05, 0) is 31.4 Å². The molecule has 0 aromatic carbocycles. The number of amides is 1. The minimum Gasteiger partial charge on any atom is -0.480 e. The van der Waals surface area contributed by atoms with Gasteiger partial charge in [0, 0.05) is 24.5 Å². The van der Waals surface area contributed by atoms with E-state index in [0.29, 0.717) is 18.5 Å². The van der Waals surface area contributed by atoms with Crippen LogP contribution in [0.4, 0.5) is 0 Å². The fraction of sp³-hybridized carbons (Fsp3) is 0.417. The van der Waals surface area contributed by atoms with Crippen molar-refractivity contribution in [3.63, 3.8) is 0 Å². The maximum atomic E-state index is 12.1. The average Bonchev–Trinajstić information content (AvgIpc) is 2.39. The van der Waals surface area contributed by atoms with Crippen molar-refractivity contribution in [2.24, 2.45) is 0 Å². The van der Waals surface area contributed by atoms with Crippen LogP contribution in [0.1, 0.15) is 29.6 Å². The van der Waals surface area contributed by atoms with Crippen LogP contribution in [0.25, 0.3) is 0 Å². The Morgan fingerprint density at radius 2 is 2.00 bits per heavy atom. The van der Waals surface area contributed by atoms with Gasteiger partial charge in [0.2, 0.25) is 0 Å². The number of likely N-dealkylation sites (tertiary alicyclic amines) is 1. The number of carbonyl (C=O) groups is 2. The summed E-state index contributed by atoms with van der Waals surface area (Å²) in [5.41, 5.74) is 0.494. The van der Waals surface area contributed by atoms with Gasteiger partial charge in [0.15, 0.2) is 0 Å². The highest BCUT2D eigenvalue weighted by Crippen LogP contribution is 2.19. The molecule has 17 heavy (non-hydrogen) atoms. The lowest BCUT2D eigenvalue weighted by atomic mass is 10.0. The van der Waals surface area contributed by atoms with Crippen molar-refractivity contribution in [3.8, 4) is 0 Å². The van der Waals surface area contributed by atoms with Crippen LogP contribution in [0.15, 0.2) is 24.5 Å². The van der Waals surface area contributed by atoms with E-state index in [1.165, 1.54) is 17.3 Å². The molecular formula is C12H14N2O3. The molecule has 1 aromatic rings. The summed E-state index contributed by atoms with van der Waals surface area (Å²) in [4.78, 5) is 28.5. The van der Waals surface area contributed by atoms with E-state index in [9.17, 15) is 9.59 Å². The first-order valence-corrected chi connectivity index (χ1v) is 5.64. The van der Waals surface area contributed by atoms with Gasteiger partial charge in [-0.15, -0.1) is 0 Å². The average molecular weight is 234 g/mol. The van der Waals surface area contributed by atoms with Gasteiger partial charge in [0.05, 0.1) is 0 Å². The molecule has 1 aromatic heterocycles. The maximum absolute atomic E-state index is 12.1. The van der Waals surface area contributed by atoms with Gasteiger partial charge in [-0.3, -0.25) is 9.78 Å². The maximum Gasteiger partial charge on any atom is 0.326 e. The molecule has 1 aliphatic heterocycles. The van der Waals surface area contributed by atoms with Crippen LogP contribution in [0.5, 0.6) is 0 Å². The van der Waals surface area contributed by atoms with Crippen molar-refractivity contribution >= 4 is 11.9 Å². The highest BCUT2D eigenvalue weighted by atomic mass is 16.4. The Bertz CT molecular complexity index is 419. The molecule has 1 fully saturated rings. The molecule has 5 nitrogen and oxygen atoms in total. The molecule has 1 N–H and O–H groups in total. The summed E-state index contributed by atoms with van der Waals surface area (Å²) in [7, 11) is 0. The van der Waals surface area contributed by atoms with Gasteiger partial charge in [0.1, 0.15) is 6.04 Å². The van der Waals surface area contributed by atoms with Crippen molar-refractivity contribution in [2.45, 2.75) is 25.3 Å². The summed E-state index contributed by atoms with van der Waals surface area (Å²) in [6.45, 7) is 0.512. The van der Waals surface area contributed by atoms with Gasteiger partial charge in [-0.2, -0.15) is 0 Å². The Balaban J connectivity index is 2.20. The normalized spacial score (nSPS) is 20.0. The second-order valence-corrected chi connectivity index (χ2v) is 4.08. The standard InChI is InChI=1S/C12H14N2O3/c15-11(9-4-6-13-7-5-9)14-8-2-1-3-10(14)12(16)17/h4-7,10H,1-3,8H2,(H,16,17)/t10-/m1/s1. The van der Waals surface area contributed by atoms with Gasteiger partial charge in [-0.1, -0.05) is 0 Å². The van der Waals surface area contributed by atoms with E-state index < -0.39 is 12.0 Å². The van der Waals surface area contributed by atoms with Crippen molar-refractivity contribution in [1.82, 2.24) is 9.88 Å². The molecule has 0 unspecified atom stereocenters. The van der Waals surface area contributed by atoms with Gasteiger partial charge >= 0.3 is 5.97 Å². The molecule has 2 heterocycles. The molecule has 0 spiro atoms. The Labute approximate surface area is 99.1 Å². The fourth-order valence-electron chi connectivity index (χ4n) is 2.09. The number of carbonyl (C=O) groups excluding carboxylic acids is 1. The van der Waals surface area contributed by atoms with E-state index in [1.807, 2.05) is 0 Å². The Morgan fingerprint density at radius 1 is 1.29 bits per heavy atom. The first-order chi connectivity index (χ1) is 8.20. The minimum atomic E-state index is -0.924. The smallest absolute Gasteiger partial charge is 0.326 e. The predicted octanol–water partition coefficient (Wildman–Crippen LogP) is 1.16. The SMILES string of the molecule is O=C(O)[C@H]1CCCCN1C(=O)c1ccncc1. The summed E-state index contributed by atoms with van der Waals surface area (Å²) < 4.78 is 0. The fourth-order valence-corrected chi connectivity index (χ4v) is 2.09. The molecule has 1 saturated heterocycles. The monoisotopic (exact) mass is 234 g/mol. The third-order valence-electron chi connectivity index (χ3n) is 2.98. The number of piperidine rings is 1. The van der Waals surface area contributed by atoms with Crippen LogP contribution >= 0.6 is 0 Å². The summed E-state index contributed by atoms with van der Waals surface area (Å²) in [5.74, 6) is -1.15. The number of carboxylic acid groups (broad SMARTS) is 1. The zero-order chi connectivity index (χ0) is 12.3. The molecule has 0 aliphatic carbocycles. The van der Waals surface area contributed by atoms with Gasteiger partial charge in [0.25, 0.3) is 5.91 Å². The van der Waals surface area contributed by atoms with Crippen molar-refractivity contribution in [1.29, 1.82) is 0 Å². The first kappa shape index (κ1) is 11.6. The van der Waals surface area contributed by atoms with E-state index in [-0.39, 0.29) is 5.91 Å². The highest BCUT2D eigenvalue weighted by molar-refractivity contribution is 5.96. The lowest BCUT2D eigenvalue weighted by Crippen LogP contribution is -2.47. The number of pyridine rings is 1. The molecule has 1 atom stereocenters. The van der Waals surface area contributed by atoms with Crippen LogP contribution in [-0.2, 0) is 4.79 Å². The zero-order valence-corrected chi connectivity index (χ0v) is 9.37. The van der Waals surface area contributed by atoms with Crippen molar-refractivity contribution < 1.29 is 14.7 Å². The molecule has 2 rings (SSSR count). The van der Waals surface area contributed by atoms with Crippen LogP contribution in [0, 0.1) is 0 Å². The second-order valence-electron chi connectivity index (χ2n) is 4.08. The number of carboxylic acids is 1. The molecular weight excluding hydrogens is 220 g/mol. The van der Waals surface area contributed by atoms with Gasteiger partial charge in [-0.25, -0.2) is 4.79 Å². The second kappa shape index (κ2) is 4.95. The van der Waals surface area contributed by atoms with Crippen LogP contribution in [0.2, 0.25) is 0 Å². The largest absolute Gasteiger partial charge is 0.480 e. The van der Waals surface area contributed by atoms with Crippen LogP contribution < -0.4 is 0 Å². The quantitative estimate of drug-likeness (QED) is 0.833. The number of nitrogens with zero attached hydrogens (tertiary/aromatic N) is 2. The lowest BCUT2D eigenvalue weighted by molar-refractivity contribution is -0.143. The van der Waals surface area contributed by atoms with Crippen LogP contribution in [-0.4, -0.2) is 39.5 Å². The summed E-state index contributed by atoms with van der Waals surface area (Å²) in [6.07, 6.45) is 5.32. The van der Waals surface area contributed by atoms with E-state index in [1.54, 1.807) is 12.1 Å². The predicted molar refractivity (Wildman–Crippen MR) is 60.5 cm³/mol. The topological polar surface area (TPSA) is 70.5 Å². The Morgan fingerprint density at radius 3 is 2.65 bits per heavy atom. The molecule has 1 amide bonds. The van der Waals surface area contributed by atoms with Gasteiger partial charge < -0.3 is 10.0 Å². The summed E-state index contributed by atoms with van der Waals surface area (Å²) in [6, 6.07) is 2.52. The summed E-state index contributed by atoms with van der Waals surface area (Å²) in [5, 5.41) is 9.10. The molecule has 90 valence electrons. The molecule has 0 radical (unpaired) electrons. The third-order valence-corrected chi connectivity index (χ3v) is 2.98.